The maximum atomic E-state index is 12.8. The Morgan fingerprint density at radius 2 is 1.81 bits per heavy atom. The Kier molecular flexibility index (Phi) is 6.03. The zero-order valence-electron chi connectivity index (χ0n) is 14.1. The molecule has 3 rings (SSSR count). The summed E-state index contributed by atoms with van der Waals surface area (Å²) in [7, 11) is 0. The molecule has 1 aromatic heterocycles. The summed E-state index contributed by atoms with van der Waals surface area (Å²) >= 11 is 13.4. The zero-order valence-corrected chi connectivity index (χ0v) is 16.4. The number of hydrogen-bond donors (Lipinski definition) is 0. The molecule has 0 N–H and O–H groups in total. The number of alkyl halides is 3. The molecule has 0 saturated heterocycles. The molecule has 3 aromatic rings. The van der Waals surface area contributed by atoms with Crippen molar-refractivity contribution in [2.45, 2.75) is 30.6 Å². The molecule has 0 amide bonds. The molecule has 9 heteroatoms. The highest BCUT2D eigenvalue weighted by molar-refractivity contribution is 7.98. The van der Waals surface area contributed by atoms with Crippen molar-refractivity contribution in [3.05, 3.63) is 63.6 Å². The van der Waals surface area contributed by atoms with Crippen LogP contribution in [0.4, 0.5) is 13.2 Å². The van der Waals surface area contributed by atoms with E-state index in [1.54, 1.807) is 24.3 Å². The topological polar surface area (TPSA) is 30.7 Å². The highest BCUT2D eigenvalue weighted by Crippen LogP contribution is 2.32. The van der Waals surface area contributed by atoms with E-state index in [0.717, 1.165) is 17.7 Å². The van der Waals surface area contributed by atoms with Gasteiger partial charge in [0.15, 0.2) is 11.0 Å². The van der Waals surface area contributed by atoms with Crippen LogP contribution in [0, 0.1) is 0 Å². The molecule has 2 aromatic carbocycles. The van der Waals surface area contributed by atoms with Gasteiger partial charge in [-0.3, -0.25) is 0 Å². The Balaban J connectivity index is 1.82. The van der Waals surface area contributed by atoms with E-state index in [2.05, 4.69) is 10.2 Å². The maximum absolute atomic E-state index is 12.8. The Morgan fingerprint density at radius 3 is 2.48 bits per heavy atom. The molecule has 0 atom stereocenters. The number of halogens is 5. The molecular formula is C18H14Cl2F3N3S. The summed E-state index contributed by atoms with van der Waals surface area (Å²) in [6.07, 6.45) is -4.36. The summed E-state index contributed by atoms with van der Waals surface area (Å²) in [6, 6.07) is 10.5. The van der Waals surface area contributed by atoms with Crippen LogP contribution in [0.3, 0.4) is 0 Å². The van der Waals surface area contributed by atoms with Crippen molar-refractivity contribution in [2.24, 2.45) is 0 Å². The van der Waals surface area contributed by atoms with Crippen molar-refractivity contribution in [2.75, 3.05) is 0 Å². The lowest BCUT2D eigenvalue weighted by molar-refractivity contribution is -0.137. The van der Waals surface area contributed by atoms with Crippen molar-refractivity contribution in [3.8, 4) is 11.4 Å². The minimum absolute atomic E-state index is 0.351. The molecule has 0 bridgehead atoms. The van der Waals surface area contributed by atoms with Gasteiger partial charge in [0.05, 0.1) is 15.6 Å². The Bertz CT molecular complexity index is 957. The summed E-state index contributed by atoms with van der Waals surface area (Å²) in [5.74, 6) is 0.978. The van der Waals surface area contributed by atoms with Crippen LogP contribution in [-0.2, 0) is 18.5 Å². The van der Waals surface area contributed by atoms with Gasteiger partial charge in [0.25, 0.3) is 0 Å². The molecule has 27 heavy (non-hydrogen) atoms. The minimum atomic E-state index is -4.36. The van der Waals surface area contributed by atoms with Crippen molar-refractivity contribution in [3.63, 3.8) is 0 Å². The molecule has 0 saturated carbocycles. The predicted molar refractivity (Wildman–Crippen MR) is 102 cm³/mol. The normalized spacial score (nSPS) is 11.8. The molecule has 0 radical (unpaired) electrons. The van der Waals surface area contributed by atoms with E-state index in [1.165, 1.54) is 17.8 Å². The first-order chi connectivity index (χ1) is 12.8. The second-order valence-corrected chi connectivity index (χ2v) is 7.42. The lowest BCUT2D eigenvalue weighted by Gasteiger charge is -2.10. The van der Waals surface area contributed by atoms with Crippen LogP contribution >= 0.6 is 35.0 Å². The molecule has 0 aliphatic heterocycles. The minimum Gasteiger partial charge on any atom is -0.302 e. The van der Waals surface area contributed by atoms with Crippen LogP contribution in [0.15, 0.2) is 47.6 Å². The second-order valence-electron chi connectivity index (χ2n) is 5.67. The smallest absolute Gasteiger partial charge is 0.302 e. The van der Waals surface area contributed by atoms with Gasteiger partial charge in [-0.25, -0.2) is 0 Å². The van der Waals surface area contributed by atoms with Crippen molar-refractivity contribution in [1.29, 1.82) is 0 Å². The quantitative estimate of drug-likeness (QED) is 0.427. The van der Waals surface area contributed by atoms with E-state index in [-0.39, 0.29) is 0 Å². The molecule has 142 valence electrons. The van der Waals surface area contributed by atoms with E-state index in [9.17, 15) is 13.2 Å². The molecular weight excluding hydrogens is 418 g/mol. The number of aromatic nitrogens is 3. The fourth-order valence-electron chi connectivity index (χ4n) is 2.51. The van der Waals surface area contributed by atoms with E-state index in [0.29, 0.717) is 38.9 Å². The third-order valence-corrected chi connectivity index (χ3v) is 5.61. The fourth-order valence-corrected chi connectivity index (χ4v) is 3.76. The molecule has 0 unspecified atom stereocenters. The van der Waals surface area contributed by atoms with Crippen LogP contribution in [0.1, 0.15) is 18.1 Å². The van der Waals surface area contributed by atoms with Gasteiger partial charge in [-0.05, 0) is 36.8 Å². The van der Waals surface area contributed by atoms with Crippen molar-refractivity contribution < 1.29 is 13.2 Å². The summed E-state index contributed by atoms with van der Waals surface area (Å²) in [6.45, 7) is 2.55. The third-order valence-electron chi connectivity index (χ3n) is 3.83. The number of hydrogen-bond acceptors (Lipinski definition) is 3. The van der Waals surface area contributed by atoms with Crippen molar-refractivity contribution >= 4 is 35.0 Å². The zero-order chi connectivity index (χ0) is 19.6. The summed E-state index contributed by atoms with van der Waals surface area (Å²) in [5, 5.41) is 9.87. The molecule has 3 nitrogen and oxygen atoms in total. The average Bonchev–Trinajstić information content (AvgIpc) is 3.04. The SMILES string of the molecule is CCn1c(SCc2cccc(C(F)(F)F)c2)nnc1-c1ccc(Cl)c(Cl)c1. The van der Waals surface area contributed by atoms with Crippen molar-refractivity contribution in [1.82, 2.24) is 14.8 Å². The Morgan fingerprint density at radius 1 is 1.04 bits per heavy atom. The van der Waals surface area contributed by atoms with Crippen LogP contribution in [0.5, 0.6) is 0 Å². The number of nitrogens with zero attached hydrogens (tertiary/aromatic N) is 3. The van der Waals surface area contributed by atoms with Gasteiger partial charge in [0.2, 0.25) is 0 Å². The Hall–Kier alpha value is -1.70. The third kappa shape index (κ3) is 4.59. The predicted octanol–water partition coefficient (Wildman–Crippen LogP) is 6.58. The molecule has 0 aliphatic carbocycles. The summed E-state index contributed by atoms with van der Waals surface area (Å²) in [5.41, 5.74) is 0.676. The second kappa shape index (κ2) is 8.12. The molecule has 1 heterocycles. The highest BCUT2D eigenvalue weighted by Gasteiger charge is 2.30. The van der Waals surface area contributed by atoms with Gasteiger partial charge in [0, 0.05) is 17.9 Å². The fraction of sp³-hybridized carbons (Fsp3) is 0.222. The number of benzene rings is 2. The van der Waals surface area contributed by atoms with E-state index >= 15 is 0 Å². The van der Waals surface area contributed by atoms with Gasteiger partial charge < -0.3 is 4.57 Å². The van der Waals surface area contributed by atoms with Crippen LogP contribution < -0.4 is 0 Å². The van der Waals surface area contributed by atoms with E-state index < -0.39 is 11.7 Å². The van der Waals surface area contributed by atoms with Gasteiger partial charge in [-0.15, -0.1) is 10.2 Å². The van der Waals surface area contributed by atoms with Crippen LogP contribution in [0.2, 0.25) is 10.0 Å². The van der Waals surface area contributed by atoms with E-state index in [4.69, 9.17) is 23.2 Å². The largest absolute Gasteiger partial charge is 0.416 e. The first kappa shape index (κ1) is 20.0. The van der Waals surface area contributed by atoms with Gasteiger partial charge in [-0.1, -0.05) is 53.2 Å². The monoisotopic (exact) mass is 431 g/mol. The highest BCUT2D eigenvalue weighted by atomic mass is 35.5. The molecule has 0 spiro atoms. The van der Waals surface area contributed by atoms with Crippen LogP contribution in [0.25, 0.3) is 11.4 Å². The average molecular weight is 432 g/mol. The first-order valence-electron chi connectivity index (χ1n) is 7.97. The standard InChI is InChI=1S/C18H14Cl2F3N3S/c1-2-26-16(12-6-7-14(19)15(20)9-12)24-25-17(26)27-10-11-4-3-5-13(8-11)18(21,22)23/h3-9H,2,10H2,1H3. The number of rotatable bonds is 5. The maximum Gasteiger partial charge on any atom is 0.416 e. The molecule has 0 aliphatic rings. The Labute approximate surface area is 168 Å². The van der Waals surface area contributed by atoms with Crippen LogP contribution in [-0.4, -0.2) is 14.8 Å². The molecule has 0 fully saturated rings. The summed E-state index contributed by atoms with van der Waals surface area (Å²) < 4.78 is 40.4. The van der Waals surface area contributed by atoms with Gasteiger partial charge in [-0.2, -0.15) is 13.2 Å². The van der Waals surface area contributed by atoms with Gasteiger partial charge in [0.1, 0.15) is 0 Å². The lowest BCUT2D eigenvalue weighted by Crippen LogP contribution is -2.05. The van der Waals surface area contributed by atoms with Gasteiger partial charge >= 0.3 is 6.18 Å². The number of thioether (sulfide) groups is 1. The lowest BCUT2D eigenvalue weighted by atomic mass is 10.1. The van der Waals surface area contributed by atoms with E-state index in [1.807, 2.05) is 11.5 Å². The first-order valence-corrected chi connectivity index (χ1v) is 9.71. The summed E-state index contributed by atoms with van der Waals surface area (Å²) in [4.78, 5) is 0.